The third kappa shape index (κ3) is 4.69. The van der Waals surface area contributed by atoms with E-state index < -0.39 is 0 Å². The van der Waals surface area contributed by atoms with Gasteiger partial charge < -0.3 is 15.8 Å². The van der Waals surface area contributed by atoms with Gasteiger partial charge in [0.05, 0.1) is 30.5 Å². The van der Waals surface area contributed by atoms with Crippen LogP contribution in [0.25, 0.3) is 0 Å². The van der Waals surface area contributed by atoms with Crippen molar-refractivity contribution in [1.82, 2.24) is 0 Å². The Balaban J connectivity index is 1.72. The molecule has 1 amide bonds. The molecule has 0 aliphatic heterocycles. The maximum atomic E-state index is 11.8. The fourth-order valence-electron chi connectivity index (χ4n) is 2.41. The predicted octanol–water partition coefficient (Wildman–Crippen LogP) is 3.60. The SMILES string of the molecule is Nc1cc(Cl)ccc1NC(=O)CCOC1CCCCC1. The summed E-state index contributed by atoms with van der Waals surface area (Å²) in [6.07, 6.45) is 6.68. The summed E-state index contributed by atoms with van der Waals surface area (Å²) in [7, 11) is 0. The second-order valence-corrected chi connectivity index (χ2v) is 5.60. The van der Waals surface area contributed by atoms with Crippen molar-refractivity contribution < 1.29 is 9.53 Å². The first kappa shape index (κ1) is 15.1. The highest BCUT2D eigenvalue weighted by Crippen LogP contribution is 2.23. The monoisotopic (exact) mass is 296 g/mol. The zero-order chi connectivity index (χ0) is 14.4. The number of amides is 1. The van der Waals surface area contributed by atoms with Gasteiger partial charge in [-0.3, -0.25) is 4.79 Å². The number of ether oxygens (including phenoxy) is 1. The van der Waals surface area contributed by atoms with Crippen LogP contribution in [0.5, 0.6) is 0 Å². The number of nitrogen functional groups attached to an aromatic ring is 1. The standard InChI is InChI=1S/C15H21ClN2O2/c16-11-6-7-14(13(17)10-11)18-15(19)8-9-20-12-4-2-1-3-5-12/h6-7,10,12H,1-5,8-9,17H2,(H,18,19). The first-order valence-electron chi connectivity index (χ1n) is 7.11. The molecule has 1 saturated carbocycles. The minimum Gasteiger partial charge on any atom is -0.397 e. The van der Waals surface area contributed by atoms with Gasteiger partial charge in [0.15, 0.2) is 0 Å². The number of rotatable bonds is 5. The largest absolute Gasteiger partial charge is 0.397 e. The Morgan fingerprint density at radius 3 is 2.80 bits per heavy atom. The van der Waals surface area contributed by atoms with E-state index in [-0.39, 0.29) is 5.91 Å². The maximum Gasteiger partial charge on any atom is 0.226 e. The van der Waals surface area contributed by atoms with Crippen LogP contribution in [-0.4, -0.2) is 18.6 Å². The van der Waals surface area contributed by atoms with E-state index in [0.29, 0.717) is 35.5 Å². The second-order valence-electron chi connectivity index (χ2n) is 5.16. The summed E-state index contributed by atoms with van der Waals surface area (Å²) in [4.78, 5) is 11.8. The van der Waals surface area contributed by atoms with Gasteiger partial charge in [-0.1, -0.05) is 30.9 Å². The normalized spacial score (nSPS) is 16.1. The smallest absolute Gasteiger partial charge is 0.226 e. The third-order valence-corrected chi connectivity index (χ3v) is 3.76. The van der Waals surface area contributed by atoms with Crippen LogP contribution in [0.3, 0.4) is 0 Å². The molecule has 1 aliphatic carbocycles. The van der Waals surface area contributed by atoms with Crippen molar-refractivity contribution in [3.63, 3.8) is 0 Å². The van der Waals surface area contributed by atoms with Crippen LogP contribution in [0.4, 0.5) is 11.4 Å². The van der Waals surface area contributed by atoms with Crippen molar-refractivity contribution in [1.29, 1.82) is 0 Å². The van der Waals surface area contributed by atoms with Crippen LogP contribution >= 0.6 is 11.6 Å². The van der Waals surface area contributed by atoms with Crippen molar-refractivity contribution in [2.24, 2.45) is 0 Å². The van der Waals surface area contributed by atoms with Crippen molar-refractivity contribution in [3.05, 3.63) is 23.2 Å². The van der Waals surface area contributed by atoms with Crippen LogP contribution in [0, 0.1) is 0 Å². The summed E-state index contributed by atoms with van der Waals surface area (Å²) in [5.41, 5.74) is 6.85. The molecule has 2 rings (SSSR count). The summed E-state index contributed by atoms with van der Waals surface area (Å²) in [6, 6.07) is 5.03. The molecule has 110 valence electrons. The number of halogens is 1. The Bertz CT molecular complexity index is 459. The highest BCUT2D eigenvalue weighted by molar-refractivity contribution is 6.31. The second kappa shape index (κ2) is 7.50. The van der Waals surface area contributed by atoms with E-state index in [1.165, 1.54) is 19.3 Å². The third-order valence-electron chi connectivity index (χ3n) is 3.52. The van der Waals surface area contributed by atoms with Gasteiger partial charge in [-0.15, -0.1) is 0 Å². The lowest BCUT2D eigenvalue weighted by molar-refractivity contribution is -0.117. The minimum absolute atomic E-state index is 0.0881. The molecular formula is C15H21ClN2O2. The van der Waals surface area contributed by atoms with Gasteiger partial charge in [0.1, 0.15) is 0 Å². The molecule has 1 aliphatic rings. The quantitative estimate of drug-likeness (QED) is 0.816. The molecule has 20 heavy (non-hydrogen) atoms. The number of nitrogens with two attached hydrogens (primary N) is 1. The van der Waals surface area contributed by atoms with E-state index >= 15 is 0 Å². The minimum atomic E-state index is -0.0881. The van der Waals surface area contributed by atoms with Gasteiger partial charge in [0.2, 0.25) is 5.91 Å². The molecule has 4 nitrogen and oxygen atoms in total. The van der Waals surface area contributed by atoms with Crippen LogP contribution in [-0.2, 0) is 9.53 Å². The first-order chi connectivity index (χ1) is 9.65. The zero-order valence-corrected chi connectivity index (χ0v) is 12.3. The van der Waals surface area contributed by atoms with E-state index in [1.807, 2.05) is 0 Å². The highest BCUT2D eigenvalue weighted by atomic mass is 35.5. The highest BCUT2D eigenvalue weighted by Gasteiger charge is 2.14. The molecule has 0 bridgehead atoms. The molecule has 0 saturated heterocycles. The Morgan fingerprint density at radius 1 is 1.35 bits per heavy atom. The molecule has 1 aromatic rings. The molecule has 0 spiro atoms. The number of nitrogens with one attached hydrogen (secondary N) is 1. The van der Waals surface area contributed by atoms with Crippen LogP contribution in [0.1, 0.15) is 38.5 Å². The van der Waals surface area contributed by atoms with Crippen molar-refractivity contribution >= 4 is 28.9 Å². The summed E-state index contributed by atoms with van der Waals surface area (Å²) in [5, 5.41) is 3.33. The number of benzene rings is 1. The van der Waals surface area contributed by atoms with E-state index in [1.54, 1.807) is 18.2 Å². The lowest BCUT2D eigenvalue weighted by Crippen LogP contribution is -2.20. The van der Waals surface area contributed by atoms with Gasteiger partial charge in [-0.25, -0.2) is 0 Å². The van der Waals surface area contributed by atoms with Crippen LogP contribution < -0.4 is 11.1 Å². The molecule has 1 aromatic carbocycles. The number of carbonyl (C=O) groups excluding carboxylic acids is 1. The molecule has 1 fully saturated rings. The van der Waals surface area contributed by atoms with Gasteiger partial charge in [0.25, 0.3) is 0 Å². The molecule has 0 heterocycles. The van der Waals surface area contributed by atoms with Gasteiger partial charge in [0, 0.05) is 5.02 Å². The number of hydrogen-bond donors (Lipinski definition) is 2. The van der Waals surface area contributed by atoms with E-state index in [0.717, 1.165) is 12.8 Å². The summed E-state index contributed by atoms with van der Waals surface area (Å²) < 4.78 is 5.73. The van der Waals surface area contributed by atoms with Crippen LogP contribution in [0.15, 0.2) is 18.2 Å². The summed E-state index contributed by atoms with van der Waals surface area (Å²) in [5.74, 6) is -0.0881. The lowest BCUT2D eigenvalue weighted by Gasteiger charge is -2.21. The Labute approximate surface area is 124 Å². The molecule has 3 N–H and O–H groups in total. The fourth-order valence-corrected chi connectivity index (χ4v) is 2.59. The molecule has 0 radical (unpaired) electrons. The Hall–Kier alpha value is -1.26. The van der Waals surface area contributed by atoms with E-state index in [2.05, 4.69) is 5.32 Å². The Kier molecular flexibility index (Phi) is 5.68. The van der Waals surface area contributed by atoms with Crippen LogP contribution in [0.2, 0.25) is 5.02 Å². The Morgan fingerprint density at radius 2 is 2.10 bits per heavy atom. The molecule has 5 heteroatoms. The topological polar surface area (TPSA) is 64.3 Å². The average Bonchev–Trinajstić information content (AvgIpc) is 2.43. The predicted molar refractivity (Wildman–Crippen MR) is 81.9 cm³/mol. The molecular weight excluding hydrogens is 276 g/mol. The molecule has 0 unspecified atom stereocenters. The molecule has 0 atom stereocenters. The summed E-state index contributed by atoms with van der Waals surface area (Å²) in [6.45, 7) is 0.462. The van der Waals surface area contributed by atoms with E-state index in [9.17, 15) is 4.79 Å². The molecule has 0 aromatic heterocycles. The van der Waals surface area contributed by atoms with Gasteiger partial charge >= 0.3 is 0 Å². The lowest BCUT2D eigenvalue weighted by atomic mass is 9.98. The fraction of sp³-hybridized carbons (Fsp3) is 0.533. The first-order valence-corrected chi connectivity index (χ1v) is 7.49. The number of hydrogen-bond acceptors (Lipinski definition) is 3. The average molecular weight is 297 g/mol. The maximum absolute atomic E-state index is 11.8. The van der Waals surface area contributed by atoms with Crippen molar-refractivity contribution in [2.75, 3.05) is 17.7 Å². The van der Waals surface area contributed by atoms with Gasteiger partial charge in [-0.05, 0) is 31.0 Å². The van der Waals surface area contributed by atoms with Crippen molar-refractivity contribution in [3.8, 4) is 0 Å². The van der Waals surface area contributed by atoms with Crippen molar-refractivity contribution in [2.45, 2.75) is 44.6 Å². The zero-order valence-electron chi connectivity index (χ0n) is 11.5. The van der Waals surface area contributed by atoms with E-state index in [4.69, 9.17) is 22.1 Å². The van der Waals surface area contributed by atoms with Gasteiger partial charge in [-0.2, -0.15) is 0 Å². The summed E-state index contributed by atoms with van der Waals surface area (Å²) >= 11 is 5.81. The number of anilines is 2. The number of carbonyl (C=O) groups is 1.